The van der Waals surface area contributed by atoms with Gasteiger partial charge < -0.3 is 22.8 Å². The largest absolute Gasteiger partial charge is 0.905 e. The first-order chi connectivity index (χ1) is 6.74. The highest BCUT2D eigenvalue weighted by Crippen LogP contribution is 1.99. The van der Waals surface area contributed by atoms with Gasteiger partial charge in [0.1, 0.15) is 0 Å². The van der Waals surface area contributed by atoms with Crippen LogP contribution in [-0.4, -0.2) is 48.6 Å². The molecule has 0 heterocycles. The van der Waals surface area contributed by atoms with Crippen LogP contribution in [0.4, 0.5) is 0 Å². The zero-order valence-electron chi connectivity index (χ0n) is 9.07. The number of hydrogen-bond donors (Lipinski definition) is 2. The molecule has 0 aliphatic heterocycles. The predicted octanol–water partition coefficient (Wildman–Crippen LogP) is -0.263. The lowest BCUT2D eigenvalue weighted by Crippen LogP contribution is -2.26. The maximum absolute atomic E-state index is 5.78. The molecule has 0 saturated heterocycles. The summed E-state index contributed by atoms with van der Waals surface area (Å²) >= 11 is -1.84. The molecule has 1 atom stereocenters. The highest BCUT2D eigenvalue weighted by Gasteiger charge is 2.26. The molecule has 0 aromatic carbocycles. The quantitative estimate of drug-likeness (QED) is 0.413. The molecule has 1 unspecified atom stereocenters. The Labute approximate surface area is 91.1 Å². The first kappa shape index (κ1) is 14.3. The lowest BCUT2D eigenvalue weighted by Gasteiger charge is -2.11. The number of rotatable bonds is 9. The molecule has 0 aromatic heterocycles. The van der Waals surface area contributed by atoms with Crippen molar-refractivity contribution in [1.82, 2.24) is 0 Å². The summed E-state index contributed by atoms with van der Waals surface area (Å²) < 4.78 is 15.4. The second-order valence-electron chi connectivity index (χ2n) is 3.11. The molecule has 0 amide bonds. The minimum atomic E-state index is -1.84. The van der Waals surface area contributed by atoms with Crippen LogP contribution in [0.5, 0.6) is 0 Å². The van der Waals surface area contributed by atoms with Crippen LogP contribution in [0.3, 0.4) is 0 Å². The van der Waals surface area contributed by atoms with E-state index in [1.807, 2.05) is 0 Å². The van der Waals surface area contributed by atoms with Crippen LogP contribution in [0.25, 0.3) is 0 Å². The van der Waals surface area contributed by atoms with E-state index >= 15 is 0 Å². The Morgan fingerprint density at radius 1 is 1.21 bits per heavy atom. The summed E-state index contributed by atoms with van der Waals surface area (Å²) in [5.74, 6) is 0. The van der Waals surface area contributed by atoms with Gasteiger partial charge in [-0.25, -0.2) is 0 Å². The SMILES string of the molecule is C[O][Al]([O]C)[O]CCCC(N)CCN. The molecule has 0 spiro atoms. The highest BCUT2D eigenvalue weighted by atomic mass is 27.3. The third kappa shape index (κ3) is 7.71. The minimum Gasteiger partial charge on any atom is -0.457 e. The zero-order chi connectivity index (χ0) is 10.8. The summed E-state index contributed by atoms with van der Waals surface area (Å²) in [5.41, 5.74) is 11.2. The zero-order valence-corrected chi connectivity index (χ0v) is 10.2. The molecule has 0 fully saturated rings. The van der Waals surface area contributed by atoms with E-state index in [2.05, 4.69) is 0 Å². The first-order valence-electron chi connectivity index (χ1n) is 4.87. The van der Waals surface area contributed by atoms with E-state index in [0.717, 1.165) is 19.3 Å². The van der Waals surface area contributed by atoms with Crippen LogP contribution in [-0.2, 0) is 11.4 Å². The number of hydrogen-bond acceptors (Lipinski definition) is 5. The van der Waals surface area contributed by atoms with Gasteiger partial charge in [-0.05, 0) is 25.8 Å². The lowest BCUT2D eigenvalue weighted by molar-refractivity contribution is 0.132. The molecule has 0 saturated carbocycles. The fourth-order valence-electron chi connectivity index (χ4n) is 1.12. The topological polar surface area (TPSA) is 79.7 Å². The van der Waals surface area contributed by atoms with Crippen LogP contribution in [0.15, 0.2) is 0 Å². The minimum absolute atomic E-state index is 0.189. The Morgan fingerprint density at radius 3 is 2.36 bits per heavy atom. The molecule has 6 heteroatoms. The fraction of sp³-hybridized carbons (Fsp3) is 1.00. The van der Waals surface area contributed by atoms with Gasteiger partial charge in [-0.15, -0.1) is 0 Å². The van der Waals surface area contributed by atoms with Crippen molar-refractivity contribution < 1.29 is 11.4 Å². The van der Waals surface area contributed by atoms with E-state index in [9.17, 15) is 0 Å². The molecular formula is C8H21AlN2O3. The first-order valence-corrected chi connectivity index (χ1v) is 6.28. The van der Waals surface area contributed by atoms with Crippen molar-refractivity contribution in [3.8, 4) is 0 Å². The van der Waals surface area contributed by atoms with E-state index in [1.165, 1.54) is 0 Å². The van der Waals surface area contributed by atoms with Crippen molar-refractivity contribution in [2.45, 2.75) is 25.3 Å². The molecule has 0 rings (SSSR count). The smallest absolute Gasteiger partial charge is 0.457 e. The van der Waals surface area contributed by atoms with Crippen molar-refractivity contribution in [1.29, 1.82) is 0 Å². The van der Waals surface area contributed by atoms with Crippen molar-refractivity contribution in [2.75, 3.05) is 27.4 Å². The van der Waals surface area contributed by atoms with Crippen LogP contribution >= 0.6 is 0 Å². The van der Waals surface area contributed by atoms with Gasteiger partial charge in [-0.2, -0.15) is 0 Å². The van der Waals surface area contributed by atoms with Gasteiger partial charge in [-0.3, -0.25) is 0 Å². The van der Waals surface area contributed by atoms with Crippen molar-refractivity contribution in [3.05, 3.63) is 0 Å². The Kier molecular flexibility index (Phi) is 10.1. The van der Waals surface area contributed by atoms with E-state index < -0.39 is 15.1 Å². The van der Waals surface area contributed by atoms with Crippen LogP contribution in [0.1, 0.15) is 19.3 Å². The monoisotopic (exact) mass is 220 g/mol. The van der Waals surface area contributed by atoms with Crippen LogP contribution in [0.2, 0.25) is 0 Å². The van der Waals surface area contributed by atoms with E-state index in [-0.39, 0.29) is 6.04 Å². The Bertz CT molecular complexity index is 125. The van der Waals surface area contributed by atoms with E-state index in [1.54, 1.807) is 14.2 Å². The maximum atomic E-state index is 5.78. The van der Waals surface area contributed by atoms with Gasteiger partial charge in [0.05, 0.1) is 0 Å². The molecule has 0 aromatic rings. The van der Waals surface area contributed by atoms with E-state index in [0.29, 0.717) is 13.2 Å². The summed E-state index contributed by atoms with van der Waals surface area (Å²) in [6.07, 6.45) is 2.73. The molecule has 0 radical (unpaired) electrons. The predicted molar refractivity (Wildman–Crippen MR) is 56.6 cm³/mol. The molecule has 0 aliphatic rings. The van der Waals surface area contributed by atoms with Gasteiger partial charge in [0.2, 0.25) is 0 Å². The third-order valence-electron chi connectivity index (χ3n) is 1.90. The van der Waals surface area contributed by atoms with Gasteiger partial charge in [0.15, 0.2) is 0 Å². The average molecular weight is 220 g/mol. The second-order valence-corrected chi connectivity index (χ2v) is 4.96. The van der Waals surface area contributed by atoms with Crippen molar-refractivity contribution in [3.63, 3.8) is 0 Å². The maximum Gasteiger partial charge on any atom is 0.905 e. The third-order valence-corrected chi connectivity index (χ3v) is 3.17. The van der Waals surface area contributed by atoms with Gasteiger partial charge >= 0.3 is 15.1 Å². The molecule has 14 heavy (non-hydrogen) atoms. The normalized spacial score (nSPS) is 12.9. The van der Waals surface area contributed by atoms with Gasteiger partial charge in [0, 0.05) is 26.9 Å². The summed E-state index contributed by atoms with van der Waals surface area (Å²) in [6, 6.07) is 0.189. The number of nitrogens with two attached hydrogens (primary N) is 2. The molecule has 0 bridgehead atoms. The molecule has 4 N–H and O–H groups in total. The van der Waals surface area contributed by atoms with Crippen LogP contribution < -0.4 is 11.5 Å². The molecule has 0 aliphatic carbocycles. The summed E-state index contributed by atoms with van der Waals surface area (Å²) in [6.45, 7) is 1.30. The van der Waals surface area contributed by atoms with Gasteiger partial charge in [0.25, 0.3) is 0 Å². The lowest BCUT2D eigenvalue weighted by atomic mass is 10.1. The Balaban J connectivity index is 3.27. The van der Waals surface area contributed by atoms with Crippen molar-refractivity contribution in [2.24, 2.45) is 11.5 Å². The highest BCUT2D eigenvalue weighted by molar-refractivity contribution is 6.36. The fourth-order valence-corrected chi connectivity index (χ4v) is 1.94. The van der Waals surface area contributed by atoms with Crippen molar-refractivity contribution >= 4 is 15.1 Å². The van der Waals surface area contributed by atoms with E-state index in [4.69, 9.17) is 22.8 Å². The molecule has 5 nitrogen and oxygen atoms in total. The standard InChI is InChI=1S/C6H15N2O.2CH3O.Al/c7-4-3-6(8)2-1-5-9;2*1-2;/h6H,1-5,7-8H2;2*1H3;/q3*-1;+3. The summed E-state index contributed by atoms with van der Waals surface area (Å²) in [4.78, 5) is 0. The van der Waals surface area contributed by atoms with Gasteiger partial charge in [-0.1, -0.05) is 0 Å². The Morgan fingerprint density at radius 2 is 1.86 bits per heavy atom. The average Bonchev–Trinajstić information content (AvgIpc) is 2.19. The molecule has 84 valence electrons. The second kappa shape index (κ2) is 9.87. The Hall–Kier alpha value is 0.332. The van der Waals surface area contributed by atoms with Crippen LogP contribution in [0, 0.1) is 0 Å². The summed E-state index contributed by atoms with van der Waals surface area (Å²) in [7, 11) is 3.20. The summed E-state index contributed by atoms with van der Waals surface area (Å²) in [5, 5.41) is 0. The molecular weight excluding hydrogens is 199 g/mol.